The molecule has 2 atom stereocenters. The summed E-state index contributed by atoms with van der Waals surface area (Å²) in [5.74, 6) is 0.560. The predicted octanol–water partition coefficient (Wildman–Crippen LogP) is 5.79. The Morgan fingerprint density at radius 2 is 0.808 bits per heavy atom. The van der Waals surface area contributed by atoms with Gasteiger partial charge in [0.25, 0.3) is 0 Å². The number of aliphatic hydroxyl groups excluding tert-OH is 2. The third-order valence-electron chi connectivity index (χ3n) is 7.97. The normalized spacial score (nSPS) is 12.0. The number of hydrogen-bond acceptors (Lipinski definition) is 10. The average Bonchev–Trinajstić information content (AvgIpc) is 3.17. The Morgan fingerprint density at radius 3 is 1.13 bits per heavy atom. The van der Waals surface area contributed by atoms with E-state index in [4.69, 9.17) is 28.4 Å². The van der Waals surface area contributed by atoms with Crippen LogP contribution in [0, 0.1) is 0 Å². The lowest BCUT2D eigenvalue weighted by molar-refractivity contribution is -0.142. The second-order valence-electron chi connectivity index (χ2n) is 12.3. The minimum Gasteiger partial charge on any atom is -0.494 e. The molecule has 52 heavy (non-hydrogen) atoms. The zero-order chi connectivity index (χ0) is 37.2. The number of benzene rings is 3. The van der Waals surface area contributed by atoms with Crippen molar-refractivity contribution in [2.75, 3.05) is 52.9 Å². The van der Waals surface area contributed by atoms with Crippen molar-refractivity contribution < 1.29 is 48.2 Å². The highest BCUT2D eigenvalue weighted by Crippen LogP contribution is 2.17. The van der Waals surface area contributed by atoms with Gasteiger partial charge in [0.1, 0.15) is 36.9 Å². The van der Waals surface area contributed by atoms with Crippen LogP contribution in [0.5, 0.6) is 11.5 Å². The highest BCUT2D eigenvalue weighted by atomic mass is 16.6. The van der Waals surface area contributed by atoms with Crippen molar-refractivity contribution in [3.63, 3.8) is 0 Å². The molecular formula is C42H54O10. The van der Waals surface area contributed by atoms with Crippen LogP contribution >= 0.6 is 0 Å². The fourth-order valence-corrected chi connectivity index (χ4v) is 4.96. The molecule has 0 aliphatic carbocycles. The van der Waals surface area contributed by atoms with E-state index in [2.05, 4.69) is 61.7 Å². The molecule has 2 unspecified atom stereocenters. The number of unbranched alkanes of at least 4 members (excludes halogenated alkanes) is 2. The second kappa shape index (κ2) is 25.5. The van der Waals surface area contributed by atoms with E-state index in [0.717, 1.165) is 75.0 Å². The van der Waals surface area contributed by atoms with E-state index in [1.165, 1.54) is 22.3 Å². The van der Waals surface area contributed by atoms with Gasteiger partial charge < -0.3 is 38.6 Å². The van der Waals surface area contributed by atoms with Gasteiger partial charge in [0.2, 0.25) is 0 Å². The molecule has 2 N–H and O–H groups in total. The summed E-state index contributed by atoms with van der Waals surface area (Å²) in [5, 5.41) is 19.5. The van der Waals surface area contributed by atoms with Gasteiger partial charge in [-0.15, -0.1) is 0 Å². The molecule has 0 fully saturated rings. The molecule has 0 saturated heterocycles. The maximum Gasteiger partial charge on any atom is 0.330 e. The quantitative estimate of drug-likeness (QED) is 0.0541. The Hall–Kier alpha value is -4.48. The first-order valence-electron chi connectivity index (χ1n) is 18.0. The molecule has 0 spiro atoms. The number of carbonyl (C=O) groups is 2. The van der Waals surface area contributed by atoms with Gasteiger partial charge in [-0.25, -0.2) is 9.59 Å². The molecule has 10 nitrogen and oxygen atoms in total. The summed E-state index contributed by atoms with van der Waals surface area (Å²) in [7, 11) is 0. The highest BCUT2D eigenvalue weighted by Gasteiger charge is 2.08. The molecule has 0 aliphatic heterocycles. The maximum atomic E-state index is 11.0. The molecular weight excluding hydrogens is 664 g/mol. The van der Waals surface area contributed by atoms with Gasteiger partial charge in [-0.3, -0.25) is 0 Å². The van der Waals surface area contributed by atoms with Gasteiger partial charge in [-0.1, -0.05) is 61.7 Å². The standard InChI is InChI=1S/C42H54O10/c1-3-41(45)51-31-37(43)29-47-25-5-7-27-49-39-21-17-35(18-22-39)15-13-33-9-11-34(12-10-33)14-16-36-19-23-40(24-20-36)50-28-8-6-26-48-30-38(44)32-52-42(46)4-2/h3-4,9-12,17-24,37-38,43-44H,1-2,5-8,13-16,25-32H2. The summed E-state index contributed by atoms with van der Waals surface area (Å²) >= 11 is 0. The first-order valence-corrected chi connectivity index (χ1v) is 18.0. The summed E-state index contributed by atoms with van der Waals surface area (Å²) in [6.07, 6.45) is 7.53. The largest absolute Gasteiger partial charge is 0.494 e. The van der Waals surface area contributed by atoms with Gasteiger partial charge in [-0.2, -0.15) is 0 Å². The lowest BCUT2D eigenvalue weighted by Gasteiger charge is -2.11. The molecule has 282 valence electrons. The van der Waals surface area contributed by atoms with Gasteiger partial charge in [-0.05, 0) is 97.9 Å². The van der Waals surface area contributed by atoms with Crippen molar-refractivity contribution in [3.05, 3.63) is 120 Å². The van der Waals surface area contributed by atoms with Crippen LogP contribution in [0.1, 0.15) is 47.9 Å². The molecule has 0 bridgehead atoms. The van der Waals surface area contributed by atoms with Gasteiger partial charge in [0.15, 0.2) is 0 Å². The van der Waals surface area contributed by atoms with Crippen molar-refractivity contribution in [3.8, 4) is 11.5 Å². The van der Waals surface area contributed by atoms with Crippen LogP contribution in [0.3, 0.4) is 0 Å². The number of ether oxygens (including phenoxy) is 6. The number of carbonyl (C=O) groups excluding carboxylic acids is 2. The van der Waals surface area contributed by atoms with Crippen molar-refractivity contribution in [1.29, 1.82) is 0 Å². The smallest absolute Gasteiger partial charge is 0.330 e. The first-order chi connectivity index (χ1) is 25.3. The van der Waals surface area contributed by atoms with Crippen LogP contribution in [0.25, 0.3) is 0 Å². The molecule has 3 aromatic carbocycles. The molecule has 10 heteroatoms. The Labute approximate surface area is 308 Å². The lowest BCUT2D eigenvalue weighted by atomic mass is 10.0. The second-order valence-corrected chi connectivity index (χ2v) is 12.3. The minimum absolute atomic E-state index is 0.107. The van der Waals surface area contributed by atoms with Gasteiger partial charge >= 0.3 is 11.9 Å². The Kier molecular flexibility index (Phi) is 20.5. The van der Waals surface area contributed by atoms with E-state index < -0.39 is 24.1 Å². The molecule has 0 heterocycles. The number of aliphatic hydroxyl groups is 2. The van der Waals surface area contributed by atoms with Crippen molar-refractivity contribution in [2.45, 2.75) is 63.6 Å². The maximum absolute atomic E-state index is 11.0. The molecule has 0 aromatic heterocycles. The molecule has 3 aromatic rings. The van der Waals surface area contributed by atoms with Crippen LogP contribution in [-0.2, 0) is 54.2 Å². The zero-order valence-corrected chi connectivity index (χ0v) is 30.1. The first kappa shape index (κ1) is 41.9. The van der Waals surface area contributed by atoms with Crippen molar-refractivity contribution >= 4 is 11.9 Å². The third-order valence-corrected chi connectivity index (χ3v) is 7.97. The van der Waals surface area contributed by atoms with Gasteiger partial charge in [0.05, 0.1) is 26.4 Å². The van der Waals surface area contributed by atoms with Crippen LogP contribution in [0.4, 0.5) is 0 Å². The third kappa shape index (κ3) is 18.7. The van der Waals surface area contributed by atoms with Crippen LogP contribution in [-0.4, -0.2) is 87.2 Å². The summed E-state index contributed by atoms with van der Waals surface area (Å²) in [6.45, 7) is 8.79. The van der Waals surface area contributed by atoms with E-state index in [9.17, 15) is 19.8 Å². The van der Waals surface area contributed by atoms with Crippen LogP contribution < -0.4 is 9.47 Å². The summed E-state index contributed by atoms with van der Waals surface area (Å²) < 4.78 is 32.1. The lowest BCUT2D eigenvalue weighted by Crippen LogP contribution is -2.23. The van der Waals surface area contributed by atoms with Crippen LogP contribution in [0.15, 0.2) is 98.1 Å². The summed E-state index contributed by atoms with van der Waals surface area (Å²) in [5.41, 5.74) is 5.16. The van der Waals surface area contributed by atoms with Crippen LogP contribution in [0.2, 0.25) is 0 Å². The summed E-state index contributed by atoms with van der Waals surface area (Å²) in [4.78, 5) is 22.0. The van der Waals surface area contributed by atoms with E-state index in [1.807, 2.05) is 24.3 Å². The molecule has 0 amide bonds. The van der Waals surface area contributed by atoms with Crippen molar-refractivity contribution in [2.24, 2.45) is 0 Å². The SMILES string of the molecule is C=CC(=O)OCC(O)COCCCCOc1ccc(CCc2ccc(CCc3ccc(OCCCCOCC(O)COC(=O)C=C)cc3)cc2)cc1. The number of esters is 2. The van der Waals surface area contributed by atoms with Crippen molar-refractivity contribution in [1.82, 2.24) is 0 Å². The summed E-state index contributed by atoms with van der Waals surface area (Å²) in [6, 6.07) is 25.4. The average molecular weight is 719 g/mol. The zero-order valence-electron chi connectivity index (χ0n) is 30.1. The fourth-order valence-electron chi connectivity index (χ4n) is 4.96. The number of rotatable bonds is 28. The Balaban J connectivity index is 1.21. The molecule has 0 aliphatic rings. The molecule has 0 saturated carbocycles. The van der Waals surface area contributed by atoms with Gasteiger partial charge in [0, 0.05) is 25.4 Å². The number of hydrogen-bond donors (Lipinski definition) is 2. The minimum atomic E-state index is -0.850. The number of aryl methyl sites for hydroxylation is 4. The predicted molar refractivity (Wildman–Crippen MR) is 200 cm³/mol. The van der Waals surface area contributed by atoms with E-state index >= 15 is 0 Å². The van der Waals surface area contributed by atoms with E-state index in [1.54, 1.807) is 0 Å². The monoisotopic (exact) mass is 718 g/mol. The molecule has 3 rings (SSSR count). The highest BCUT2D eigenvalue weighted by molar-refractivity contribution is 5.81. The van der Waals surface area contributed by atoms with E-state index in [-0.39, 0.29) is 26.4 Å². The topological polar surface area (TPSA) is 130 Å². The molecule has 0 radical (unpaired) electrons. The fraction of sp³-hybridized carbons (Fsp3) is 0.429. The Bertz CT molecular complexity index is 1330. The Morgan fingerprint density at radius 1 is 0.500 bits per heavy atom. The van der Waals surface area contributed by atoms with E-state index in [0.29, 0.717) is 26.4 Å².